The van der Waals surface area contributed by atoms with E-state index in [2.05, 4.69) is 48.5 Å². The predicted octanol–water partition coefficient (Wildman–Crippen LogP) is 6.54. The Morgan fingerprint density at radius 3 is 1.70 bits per heavy atom. The topological polar surface area (TPSA) is 18.5 Å². The lowest BCUT2D eigenvalue weighted by Crippen LogP contribution is -2.17. The highest BCUT2D eigenvalue weighted by atomic mass is 32.9. The van der Waals surface area contributed by atoms with Crippen LogP contribution in [0.5, 0.6) is 0 Å². The summed E-state index contributed by atoms with van der Waals surface area (Å²) in [5.41, 5.74) is -2.28. The molecule has 0 amide bonds. The maximum Gasteiger partial charge on any atom is 0.248 e. The van der Waals surface area contributed by atoms with Gasteiger partial charge in [0.2, 0.25) is 5.69 Å². The molecular weight excluding hydrogens is 307 g/mol. The van der Waals surface area contributed by atoms with Crippen LogP contribution in [0.25, 0.3) is 0 Å². The number of hydrogen-bond donors (Lipinski definition) is 0. The van der Waals surface area contributed by atoms with Gasteiger partial charge in [0.05, 0.1) is 12.2 Å². The third kappa shape index (κ3) is 9.04. The van der Waals surface area contributed by atoms with Gasteiger partial charge in [0, 0.05) is 4.75 Å². The largest absolute Gasteiger partial charge is 0.319 e. The molecule has 0 N–H and O–H groups in total. The van der Waals surface area contributed by atoms with Crippen LogP contribution >= 0.6 is 17.1 Å². The number of hydrogen-bond acceptors (Lipinski definition) is 4. The van der Waals surface area contributed by atoms with E-state index in [0.717, 1.165) is 32.1 Å². The van der Waals surface area contributed by atoms with Crippen molar-refractivity contribution in [2.24, 2.45) is 0 Å². The van der Waals surface area contributed by atoms with E-state index >= 15 is 0 Å². The fourth-order valence-electron chi connectivity index (χ4n) is 1.79. The van der Waals surface area contributed by atoms with E-state index in [1.807, 2.05) is 0 Å². The molecular formula is C15H33O2PS2. The summed E-state index contributed by atoms with van der Waals surface area (Å²) in [5.74, 6) is 0. The van der Waals surface area contributed by atoms with Crippen LogP contribution in [0.4, 0.5) is 0 Å². The number of rotatable bonds is 11. The molecule has 0 aromatic rings. The third-order valence-electron chi connectivity index (χ3n) is 3.22. The fraction of sp³-hybridized carbons (Fsp3) is 1.00. The fourth-order valence-corrected chi connectivity index (χ4v) is 9.80. The highest BCUT2D eigenvalue weighted by molar-refractivity contribution is 8.68. The molecule has 0 bridgehead atoms. The Bertz CT molecular complexity index is 290. The predicted molar refractivity (Wildman–Crippen MR) is 97.2 cm³/mol. The zero-order valence-electron chi connectivity index (χ0n) is 14.3. The van der Waals surface area contributed by atoms with E-state index in [-0.39, 0.29) is 17.0 Å². The molecule has 0 aromatic heterocycles. The van der Waals surface area contributed by atoms with Crippen molar-refractivity contribution >= 4 is 28.9 Å². The van der Waals surface area contributed by atoms with Gasteiger partial charge in [-0.1, -0.05) is 58.8 Å². The van der Waals surface area contributed by atoms with Crippen molar-refractivity contribution in [1.82, 2.24) is 0 Å². The van der Waals surface area contributed by atoms with Gasteiger partial charge < -0.3 is 9.05 Å². The minimum absolute atomic E-state index is 0.105. The van der Waals surface area contributed by atoms with Crippen LogP contribution < -0.4 is 0 Å². The van der Waals surface area contributed by atoms with Crippen molar-refractivity contribution in [3.05, 3.63) is 0 Å². The van der Waals surface area contributed by atoms with Gasteiger partial charge in [0.25, 0.3) is 0 Å². The first-order valence-corrected chi connectivity index (χ1v) is 11.9. The molecule has 0 aliphatic rings. The minimum Gasteiger partial charge on any atom is -0.319 e. The molecule has 20 heavy (non-hydrogen) atoms. The molecule has 122 valence electrons. The van der Waals surface area contributed by atoms with E-state index in [1.54, 1.807) is 11.4 Å². The first-order valence-electron chi connectivity index (χ1n) is 7.85. The van der Waals surface area contributed by atoms with Gasteiger partial charge in [-0.25, -0.2) is 0 Å². The summed E-state index contributed by atoms with van der Waals surface area (Å²) in [6.45, 7) is 15.2. The Hall–Kier alpha value is 0.920. The highest BCUT2D eigenvalue weighted by Gasteiger charge is 2.32. The molecule has 2 nitrogen and oxygen atoms in total. The molecule has 0 spiro atoms. The molecule has 0 rings (SSSR count). The van der Waals surface area contributed by atoms with Crippen molar-refractivity contribution in [2.45, 2.75) is 97.5 Å². The summed E-state index contributed by atoms with van der Waals surface area (Å²) >= 11 is 7.57. The molecule has 0 heterocycles. The van der Waals surface area contributed by atoms with Crippen LogP contribution in [0.2, 0.25) is 0 Å². The van der Waals surface area contributed by atoms with Gasteiger partial charge >= 0.3 is 0 Å². The van der Waals surface area contributed by atoms with Crippen LogP contribution in [0.3, 0.4) is 0 Å². The molecule has 0 fully saturated rings. The van der Waals surface area contributed by atoms with Crippen molar-refractivity contribution in [3.63, 3.8) is 0 Å². The monoisotopic (exact) mass is 340 g/mol. The molecule has 0 saturated carbocycles. The molecule has 2 atom stereocenters. The molecule has 0 saturated heterocycles. The smallest absolute Gasteiger partial charge is 0.248 e. The maximum absolute atomic E-state index is 6.20. The van der Waals surface area contributed by atoms with Crippen LogP contribution in [0, 0.1) is 0 Å². The Kier molecular flexibility index (Phi) is 10.3. The second-order valence-corrected chi connectivity index (χ2v) is 12.8. The van der Waals surface area contributed by atoms with Crippen molar-refractivity contribution < 1.29 is 9.05 Å². The highest BCUT2D eigenvalue weighted by Crippen LogP contribution is 2.67. The second kappa shape index (κ2) is 9.84. The zero-order valence-corrected chi connectivity index (χ0v) is 16.8. The lowest BCUT2D eigenvalue weighted by Gasteiger charge is -2.33. The van der Waals surface area contributed by atoms with Gasteiger partial charge in [-0.15, -0.1) is 0 Å². The quantitative estimate of drug-likeness (QED) is 0.397. The molecule has 0 aliphatic heterocycles. The maximum atomic E-state index is 6.20. The standard InChI is InChI=1S/C15H33O2PS2/c1-8-11-13(4)16-18(19,17-14(5)12-9-2)20-15(6,7)10-3/h13-14H,8-12H2,1-7H3. The Balaban J connectivity index is 4.88. The Labute approximate surface area is 135 Å². The van der Waals surface area contributed by atoms with Crippen molar-refractivity contribution in [1.29, 1.82) is 0 Å². The van der Waals surface area contributed by atoms with Gasteiger partial charge in [-0.05, 0) is 44.9 Å². The average Bonchev–Trinajstić information content (AvgIpc) is 2.27. The van der Waals surface area contributed by atoms with Crippen molar-refractivity contribution in [2.75, 3.05) is 0 Å². The van der Waals surface area contributed by atoms with E-state index in [4.69, 9.17) is 20.9 Å². The molecule has 2 unspecified atom stereocenters. The summed E-state index contributed by atoms with van der Waals surface area (Å²) in [7, 11) is 0. The molecule has 0 aliphatic carbocycles. The van der Waals surface area contributed by atoms with Crippen LogP contribution in [-0.2, 0) is 20.9 Å². The van der Waals surface area contributed by atoms with Gasteiger partial charge in [-0.3, -0.25) is 0 Å². The average molecular weight is 341 g/mol. The van der Waals surface area contributed by atoms with E-state index in [1.165, 1.54) is 0 Å². The molecule has 0 aromatic carbocycles. The van der Waals surface area contributed by atoms with Gasteiger partial charge in [0.15, 0.2) is 0 Å². The SMILES string of the molecule is CCCC(C)OP(=S)(OC(C)CCC)SC(C)(C)CC. The van der Waals surface area contributed by atoms with Crippen molar-refractivity contribution in [3.8, 4) is 0 Å². The zero-order chi connectivity index (χ0) is 15.8. The summed E-state index contributed by atoms with van der Waals surface area (Å²) in [4.78, 5) is 0. The van der Waals surface area contributed by atoms with Crippen LogP contribution in [0.15, 0.2) is 0 Å². The minimum atomic E-state index is -2.28. The third-order valence-corrected chi connectivity index (χ3v) is 9.32. The summed E-state index contributed by atoms with van der Waals surface area (Å²) in [5, 5.41) is 0. The van der Waals surface area contributed by atoms with Gasteiger partial charge in [-0.2, -0.15) is 0 Å². The van der Waals surface area contributed by atoms with E-state index in [9.17, 15) is 0 Å². The Morgan fingerprint density at radius 2 is 1.40 bits per heavy atom. The lowest BCUT2D eigenvalue weighted by atomic mass is 10.1. The van der Waals surface area contributed by atoms with Gasteiger partial charge in [0.1, 0.15) is 0 Å². The van der Waals surface area contributed by atoms with E-state index in [0.29, 0.717) is 0 Å². The second-order valence-electron chi connectivity index (χ2n) is 6.06. The first kappa shape index (κ1) is 20.9. The van der Waals surface area contributed by atoms with Crippen LogP contribution in [0.1, 0.15) is 80.6 Å². The molecule has 5 heteroatoms. The normalized spacial score (nSPS) is 18.6. The molecule has 0 radical (unpaired) electrons. The summed E-state index contributed by atoms with van der Waals surface area (Å²) < 4.78 is 12.5. The first-order chi connectivity index (χ1) is 9.18. The van der Waals surface area contributed by atoms with E-state index < -0.39 is 5.69 Å². The Morgan fingerprint density at radius 1 is 1.00 bits per heavy atom. The lowest BCUT2D eigenvalue weighted by molar-refractivity contribution is 0.157. The summed E-state index contributed by atoms with van der Waals surface area (Å²) in [6, 6.07) is 0. The summed E-state index contributed by atoms with van der Waals surface area (Å²) in [6.07, 6.45) is 5.73. The van der Waals surface area contributed by atoms with Crippen LogP contribution in [-0.4, -0.2) is 17.0 Å².